The van der Waals surface area contributed by atoms with Gasteiger partial charge in [-0.05, 0) is 36.2 Å². The van der Waals surface area contributed by atoms with Gasteiger partial charge in [0.15, 0.2) is 0 Å². The molecule has 2 aromatic rings. The minimum Gasteiger partial charge on any atom is -0.376 e. The van der Waals surface area contributed by atoms with Gasteiger partial charge in [-0.1, -0.05) is 74.1 Å². The fourth-order valence-electron chi connectivity index (χ4n) is 1.97. The van der Waals surface area contributed by atoms with E-state index in [0.717, 1.165) is 21.1 Å². The number of hydrogen-bond acceptors (Lipinski definition) is 1. The molecule has 0 amide bonds. The third-order valence-electron chi connectivity index (χ3n) is 3.01. The maximum Gasteiger partial charge on any atom is 0.0724 e. The molecule has 0 saturated carbocycles. The Labute approximate surface area is 145 Å². The van der Waals surface area contributed by atoms with Crippen LogP contribution < -0.4 is 5.32 Å². The van der Waals surface area contributed by atoms with Crippen LogP contribution in [-0.2, 0) is 0 Å². The minimum atomic E-state index is 0.166. The van der Waals surface area contributed by atoms with E-state index in [-0.39, 0.29) is 6.04 Å². The van der Waals surface area contributed by atoms with E-state index in [0.29, 0.717) is 10.0 Å². The molecule has 5 heteroatoms. The van der Waals surface area contributed by atoms with Gasteiger partial charge in [-0.3, -0.25) is 0 Å². The molecule has 0 heterocycles. The molecule has 1 N–H and O–H groups in total. The van der Waals surface area contributed by atoms with Crippen LogP contribution in [0.1, 0.15) is 24.9 Å². The van der Waals surface area contributed by atoms with Crippen molar-refractivity contribution in [2.75, 3.05) is 5.32 Å². The van der Waals surface area contributed by atoms with E-state index in [9.17, 15) is 0 Å². The summed E-state index contributed by atoms with van der Waals surface area (Å²) < 4.78 is 1.94. The van der Waals surface area contributed by atoms with Crippen LogP contribution in [0.3, 0.4) is 0 Å². The largest absolute Gasteiger partial charge is 0.376 e. The molecule has 106 valence electrons. The van der Waals surface area contributed by atoms with Crippen LogP contribution in [0.4, 0.5) is 5.69 Å². The lowest BCUT2D eigenvalue weighted by molar-refractivity contribution is 0.749. The van der Waals surface area contributed by atoms with Crippen LogP contribution in [-0.4, -0.2) is 0 Å². The van der Waals surface area contributed by atoms with Gasteiger partial charge in [0.1, 0.15) is 0 Å². The van der Waals surface area contributed by atoms with Gasteiger partial charge in [0.2, 0.25) is 0 Å². The number of hydrogen-bond donors (Lipinski definition) is 1. The van der Waals surface area contributed by atoms with E-state index in [4.69, 9.17) is 23.2 Å². The standard InChI is InChI=1S/C15H13Br2Cl2N/c1-2-14(9-3-5-10(16)6-4-9)20-15-12(18)7-11(17)8-13(15)19/h3-8,14,20H,2H2,1H3. The Kier molecular flexibility index (Phi) is 5.79. The van der Waals surface area contributed by atoms with Gasteiger partial charge in [0.25, 0.3) is 0 Å². The van der Waals surface area contributed by atoms with Crippen molar-refractivity contribution in [2.24, 2.45) is 0 Å². The van der Waals surface area contributed by atoms with Gasteiger partial charge in [-0.25, -0.2) is 0 Å². The second kappa shape index (κ2) is 7.17. The second-order valence-corrected chi connectivity index (χ2v) is 7.05. The molecule has 2 aromatic carbocycles. The van der Waals surface area contributed by atoms with E-state index >= 15 is 0 Å². The quantitative estimate of drug-likeness (QED) is 0.538. The topological polar surface area (TPSA) is 12.0 Å². The highest BCUT2D eigenvalue weighted by molar-refractivity contribution is 9.10. The van der Waals surface area contributed by atoms with Crippen LogP contribution >= 0.6 is 55.1 Å². The lowest BCUT2D eigenvalue weighted by Gasteiger charge is -2.21. The normalized spacial score (nSPS) is 12.2. The van der Waals surface area contributed by atoms with Crippen LogP contribution in [0.15, 0.2) is 45.3 Å². The first kappa shape index (κ1) is 16.2. The molecule has 0 spiro atoms. The zero-order chi connectivity index (χ0) is 14.7. The third kappa shape index (κ3) is 3.91. The van der Waals surface area contributed by atoms with Crippen molar-refractivity contribution in [3.8, 4) is 0 Å². The second-order valence-electron chi connectivity index (χ2n) is 4.40. The molecular formula is C15H13Br2Cl2N. The Balaban J connectivity index is 2.29. The number of rotatable bonds is 4. The van der Waals surface area contributed by atoms with Crippen molar-refractivity contribution in [3.63, 3.8) is 0 Å². The minimum absolute atomic E-state index is 0.166. The zero-order valence-electron chi connectivity index (χ0n) is 10.8. The van der Waals surface area contributed by atoms with Gasteiger partial charge in [0, 0.05) is 8.95 Å². The summed E-state index contributed by atoms with van der Waals surface area (Å²) in [6.45, 7) is 2.13. The van der Waals surface area contributed by atoms with E-state index in [2.05, 4.69) is 56.2 Å². The number of anilines is 1. The van der Waals surface area contributed by atoms with Crippen molar-refractivity contribution in [1.82, 2.24) is 0 Å². The molecule has 0 aliphatic carbocycles. The summed E-state index contributed by atoms with van der Waals surface area (Å²) in [5.41, 5.74) is 1.97. The van der Waals surface area contributed by atoms with E-state index in [1.54, 1.807) is 0 Å². The SMILES string of the molecule is CCC(Nc1c(Cl)cc(Br)cc1Cl)c1ccc(Br)cc1. The molecule has 0 radical (unpaired) electrons. The Morgan fingerprint density at radius 1 is 1.00 bits per heavy atom. The van der Waals surface area contributed by atoms with Crippen LogP contribution in [0.2, 0.25) is 10.0 Å². The van der Waals surface area contributed by atoms with Crippen molar-refractivity contribution in [3.05, 3.63) is 61.0 Å². The van der Waals surface area contributed by atoms with Gasteiger partial charge in [-0.15, -0.1) is 0 Å². The third-order valence-corrected chi connectivity index (χ3v) is 4.59. The maximum absolute atomic E-state index is 6.26. The molecule has 0 saturated heterocycles. The molecule has 0 aromatic heterocycles. The smallest absolute Gasteiger partial charge is 0.0724 e. The van der Waals surface area contributed by atoms with Crippen molar-refractivity contribution in [1.29, 1.82) is 0 Å². The van der Waals surface area contributed by atoms with Crippen LogP contribution in [0.5, 0.6) is 0 Å². The molecule has 0 bridgehead atoms. The van der Waals surface area contributed by atoms with E-state index < -0.39 is 0 Å². The first-order chi connectivity index (χ1) is 9.51. The maximum atomic E-state index is 6.26. The summed E-state index contributed by atoms with van der Waals surface area (Å²) in [7, 11) is 0. The van der Waals surface area contributed by atoms with Gasteiger partial charge < -0.3 is 5.32 Å². The van der Waals surface area contributed by atoms with Gasteiger partial charge in [0.05, 0.1) is 21.8 Å². The predicted octanol–water partition coefficient (Wildman–Crippen LogP) is 7.08. The van der Waals surface area contributed by atoms with Crippen molar-refractivity contribution >= 4 is 60.7 Å². The predicted molar refractivity (Wildman–Crippen MR) is 95.0 cm³/mol. The average molecular weight is 438 g/mol. The molecule has 1 nitrogen and oxygen atoms in total. The van der Waals surface area contributed by atoms with Crippen LogP contribution in [0.25, 0.3) is 0 Å². The van der Waals surface area contributed by atoms with Crippen LogP contribution in [0, 0.1) is 0 Å². The summed E-state index contributed by atoms with van der Waals surface area (Å²) in [5.74, 6) is 0. The number of nitrogens with one attached hydrogen (secondary N) is 1. The van der Waals surface area contributed by atoms with Crippen molar-refractivity contribution < 1.29 is 0 Å². The van der Waals surface area contributed by atoms with Gasteiger partial charge >= 0.3 is 0 Å². The molecule has 0 aliphatic heterocycles. The Morgan fingerprint density at radius 3 is 2.05 bits per heavy atom. The molecule has 0 aliphatic rings. The molecule has 1 atom stereocenters. The molecule has 1 unspecified atom stereocenters. The average Bonchev–Trinajstić information content (AvgIpc) is 2.39. The lowest BCUT2D eigenvalue weighted by atomic mass is 10.0. The summed E-state index contributed by atoms with van der Waals surface area (Å²) in [5, 5.41) is 4.65. The Hall–Kier alpha value is -0.220. The first-order valence-corrected chi connectivity index (χ1v) is 8.52. The Bertz CT molecular complexity index is 576. The highest BCUT2D eigenvalue weighted by Crippen LogP contribution is 2.36. The van der Waals surface area contributed by atoms with E-state index in [1.807, 2.05) is 24.3 Å². The number of halogens is 4. The Morgan fingerprint density at radius 2 is 1.55 bits per heavy atom. The molecule has 20 heavy (non-hydrogen) atoms. The summed E-state index contributed by atoms with van der Waals surface area (Å²) in [6, 6.07) is 12.1. The summed E-state index contributed by atoms with van der Waals surface area (Å²) in [6.07, 6.45) is 0.935. The molecular weight excluding hydrogens is 425 g/mol. The van der Waals surface area contributed by atoms with Gasteiger partial charge in [-0.2, -0.15) is 0 Å². The zero-order valence-corrected chi connectivity index (χ0v) is 15.4. The monoisotopic (exact) mass is 435 g/mol. The molecule has 2 rings (SSSR count). The highest BCUT2D eigenvalue weighted by Gasteiger charge is 2.14. The molecule has 0 fully saturated rings. The summed E-state index contributed by atoms with van der Waals surface area (Å²) in [4.78, 5) is 0. The highest BCUT2D eigenvalue weighted by atomic mass is 79.9. The number of benzene rings is 2. The van der Waals surface area contributed by atoms with E-state index in [1.165, 1.54) is 5.56 Å². The summed E-state index contributed by atoms with van der Waals surface area (Å²) >= 11 is 19.4. The fraction of sp³-hybridized carbons (Fsp3) is 0.200. The lowest BCUT2D eigenvalue weighted by Crippen LogP contribution is -2.10. The first-order valence-electron chi connectivity index (χ1n) is 6.17. The van der Waals surface area contributed by atoms with Crippen molar-refractivity contribution in [2.45, 2.75) is 19.4 Å². The fourth-order valence-corrected chi connectivity index (χ4v) is 3.55.